The number of amides is 1. The van der Waals surface area contributed by atoms with Crippen molar-refractivity contribution in [2.24, 2.45) is 0 Å². The Hall–Kier alpha value is -1.51. The zero-order valence-corrected chi connectivity index (χ0v) is 12.2. The van der Waals surface area contributed by atoms with Crippen molar-refractivity contribution in [1.82, 2.24) is 5.32 Å². The van der Waals surface area contributed by atoms with Crippen molar-refractivity contribution >= 4 is 5.91 Å². The average Bonchev–Trinajstić information content (AvgIpc) is 2.56. The van der Waals surface area contributed by atoms with Gasteiger partial charge in [-0.3, -0.25) is 4.79 Å². The first-order valence-electron chi connectivity index (χ1n) is 7.09. The molecule has 124 valence electrons. The SMILES string of the molecule is O=C(CCc1ccccc1)NCC(O)[C@@H](O)C(O)[C@H](O)CO. The summed E-state index contributed by atoms with van der Waals surface area (Å²) in [5.74, 6) is -0.299. The Labute approximate surface area is 128 Å². The smallest absolute Gasteiger partial charge is 0.220 e. The van der Waals surface area contributed by atoms with Gasteiger partial charge in [0.2, 0.25) is 5.91 Å². The Morgan fingerprint density at radius 2 is 1.59 bits per heavy atom. The van der Waals surface area contributed by atoms with E-state index in [1.165, 1.54) is 0 Å². The number of aliphatic hydroxyl groups excluding tert-OH is 5. The number of nitrogens with one attached hydrogen (secondary N) is 1. The van der Waals surface area contributed by atoms with Crippen LogP contribution in [-0.2, 0) is 11.2 Å². The van der Waals surface area contributed by atoms with Crippen molar-refractivity contribution in [1.29, 1.82) is 0 Å². The van der Waals surface area contributed by atoms with E-state index in [-0.39, 0.29) is 18.9 Å². The summed E-state index contributed by atoms with van der Waals surface area (Å²) in [4.78, 5) is 11.6. The lowest BCUT2D eigenvalue weighted by Crippen LogP contribution is -2.49. The summed E-state index contributed by atoms with van der Waals surface area (Å²) in [5, 5.41) is 49.0. The second-order valence-electron chi connectivity index (χ2n) is 5.09. The molecule has 22 heavy (non-hydrogen) atoms. The quantitative estimate of drug-likeness (QED) is 0.318. The zero-order chi connectivity index (χ0) is 16.5. The summed E-state index contributed by atoms with van der Waals surface area (Å²) >= 11 is 0. The van der Waals surface area contributed by atoms with E-state index < -0.39 is 31.0 Å². The third-order valence-corrected chi connectivity index (χ3v) is 3.32. The van der Waals surface area contributed by atoms with Gasteiger partial charge in [0.15, 0.2) is 0 Å². The van der Waals surface area contributed by atoms with Crippen LogP contribution in [0.15, 0.2) is 30.3 Å². The molecule has 0 aromatic heterocycles. The number of carbonyl (C=O) groups excluding carboxylic acids is 1. The van der Waals surface area contributed by atoms with E-state index in [9.17, 15) is 25.2 Å². The van der Waals surface area contributed by atoms with Crippen molar-refractivity contribution in [3.05, 3.63) is 35.9 Å². The van der Waals surface area contributed by atoms with Gasteiger partial charge in [-0.05, 0) is 12.0 Å². The Morgan fingerprint density at radius 3 is 2.18 bits per heavy atom. The third-order valence-electron chi connectivity index (χ3n) is 3.32. The van der Waals surface area contributed by atoms with Crippen molar-refractivity contribution in [2.75, 3.05) is 13.2 Å². The van der Waals surface area contributed by atoms with E-state index in [1.807, 2.05) is 30.3 Å². The molecule has 7 nitrogen and oxygen atoms in total. The lowest BCUT2D eigenvalue weighted by atomic mass is 10.0. The molecule has 1 aromatic rings. The second kappa shape index (κ2) is 9.50. The summed E-state index contributed by atoms with van der Waals surface area (Å²) in [6.45, 7) is -1.00. The Balaban J connectivity index is 2.31. The van der Waals surface area contributed by atoms with Gasteiger partial charge in [-0.15, -0.1) is 0 Å². The molecule has 1 rings (SSSR count). The van der Waals surface area contributed by atoms with Crippen molar-refractivity contribution in [2.45, 2.75) is 37.3 Å². The number of carbonyl (C=O) groups is 1. The normalized spacial score (nSPS) is 16.6. The van der Waals surface area contributed by atoms with Gasteiger partial charge in [-0.25, -0.2) is 0 Å². The van der Waals surface area contributed by atoms with Crippen LogP contribution in [0.3, 0.4) is 0 Å². The molecule has 0 bridgehead atoms. The van der Waals surface area contributed by atoms with Crippen molar-refractivity contribution < 1.29 is 30.3 Å². The highest BCUT2D eigenvalue weighted by molar-refractivity contribution is 5.76. The molecule has 0 saturated carbocycles. The van der Waals surface area contributed by atoms with Gasteiger partial charge >= 0.3 is 0 Å². The summed E-state index contributed by atoms with van der Waals surface area (Å²) in [5.41, 5.74) is 1.01. The topological polar surface area (TPSA) is 130 Å². The van der Waals surface area contributed by atoms with Gasteiger partial charge in [0.1, 0.15) is 18.3 Å². The first kappa shape index (κ1) is 18.5. The van der Waals surface area contributed by atoms with Crippen molar-refractivity contribution in [3.8, 4) is 0 Å². The zero-order valence-electron chi connectivity index (χ0n) is 12.2. The number of hydrogen-bond donors (Lipinski definition) is 6. The molecule has 0 spiro atoms. The molecular weight excluding hydrogens is 290 g/mol. The van der Waals surface area contributed by atoms with Gasteiger partial charge in [-0.2, -0.15) is 0 Å². The van der Waals surface area contributed by atoms with Gasteiger partial charge in [-0.1, -0.05) is 30.3 Å². The van der Waals surface area contributed by atoms with Crippen LogP contribution in [-0.4, -0.2) is 69.0 Å². The Morgan fingerprint density at radius 1 is 1.00 bits per heavy atom. The molecule has 0 heterocycles. The molecule has 0 fully saturated rings. The molecule has 0 radical (unpaired) electrons. The van der Waals surface area contributed by atoms with E-state index in [0.29, 0.717) is 6.42 Å². The van der Waals surface area contributed by atoms with Gasteiger partial charge in [0.05, 0.1) is 12.7 Å². The number of rotatable bonds is 9. The van der Waals surface area contributed by atoms with Gasteiger partial charge in [0, 0.05) is 13.0 Å². The Bertz CT molecular complexity index is 441. The van der Waals surface area contributed by atoms with E-state index in [1.54, 1.807) is 0 Å². The fraction of sp³-hybridized carbons (Fsp3) is 0.533. The molecule has 6 N–H and O–H groups in total. The highest BCUT2D eigenvalue weighted by Crippen LogP contribution is 2.05. The van der Waals surface area contributed by atoms with Crippen molar-refractivity contribution in [3.63, 3.8) is 0 Å². The third kappa shape index (κ3) is 6.08. The standard InChI is InChI=1S/C15H23NO6/c17-9-12(19)15(22)14(21)11(18)8-16-13(20)7-6-10-4-2-1-3-5-10/h1-5,11-12,14-15,17-19,21-22H,6-9H2,(H,16,20)/t11?,12-,14-,15?/m1/s1. The van der Waals surface area contributed by atoms with Gasteiger partial charge in [0.25, 0.3) is 0 Å². The maximum absolute atomic E-state index is 11.6. The minimum Gasteiger partial charge on any atom is -0.394 e. The molecule has 1 amide bonds. The summed E-state index contributed by atoms with van der Waals surface area (Å²) < 4.78 is 0. The first-order valence-corrected chi connectivity index (χ1v) is 7.09. The lowest BCUT2D eigenvalue weighted by molar-refractivity contribution is -0.126. The maximum atomic E-state index is 11.6. The van der Waals surface area contributed by atoms with Gasteiger partial charge < -0.3 is 30.8 Å². The minimum atomic E-state index is -1.69. The first-order chi connectivity index (χ1) is 10.5. The van der Waals surface area contributed by atoms with Crippen LogP contribution in [0.5, 0.6) is 0 Å². The molecule has 2 unspecified atom stereocenters. The molecule has 0 aliphatic heterocycles. The predicted molar refractivity (Wildman–Crippen MR) is 78.9 cm³/mol. The maximum Gasteiger partial charge on any atom is 0.220 e. The average molecular weight is 313 g/mol. The predicted octanol–water partition coefficient (Wildman–Crippen LogP) is -1.83. The van der Waals surface area contributed by atoms with Crippen LogP contribution in [0, 0.1) is 0 Å². The highest BCUT2D eigenvalue weighted by Gasteiger charge is 2.30. The number of hydrogen-bond acceptors (Lipinski definition) is 6. The van der Waals surface area contributed by atoms with Crippen LogP contribution in [0.4, 0.5) is 0 Å². The number of aryl methyl sites for hydroxylation is 1. The Kier molecular flexibility index (Phi) is 8.00. The van der Waals surface area contributed by atoms with Crippen LogP contribution >= 0.6 is 0 Å². The number of benzene rings is 1. The van der Waals surface area contributed by atoms with Crippen LogP contribution in [0.1, 0.15) is 12.0 Å². The fourth-order valence-electron chi connectivity index (χ4n) is 1.89. The molecule has 7 heteroatoms. The number of aliphatic hydroxyl groups is 5. The minimum absolute atomic E-state index is 0.231. The second-order valence-corrected chi connectivity index (χ2v) is 5.09. The summed E-state index contributed by atoms with van der Waals surface area (Å²) in [7, 11) is 0. The van der Waals surface area contributed by atoms with Crippen LogP contribution in [0.2, 0.25) is 0 Å². The molecule has 0 saturated heterocycles. The van der Waals surface area contributed by atoms with Crippen LogP contribution < -0.4 is 5.32 Å². The highest BCUT2D eigenvalue weighted by atomic mass is 16.4. The molecular formula is C15H23NO6. The molecule has 1 aromatic carbocycles. The van der Waals surface area contributed by atoms with Crippen LogP contribution in [0.25, 0.3) is 0 Å². The molecule has 4 atom stereocenters. The van der Waals surface area contributed by atoms with E-state index in [0.717, 1.165) is 5.56 Å². The monoisotopic (exact) mass is 313 g/mol. The fourth-order valence-corrected chi connectivity index (χ4v) is 1.89. The molecule has 0 aliphatic rings. The van der Waals surface area contributed by atoms with E-state index in [4.69, 9.17) is 5.11 Å². The largest absolute Gasteiger partial charge is 0.394 e. The van der Waals surface area contributed by atoms with E-state index >= 15 is 0 Å². The molecule has 0 aliphatic carbocycles. The lowest BCUT2D eigenvalue weighted by Gasteiger charge is -2.25. The summed E-state index contributed by atoms with van der Waals surface area (Å²) in [6, 6.07) is 9.44. The summed E-state index contributed by atoms with van der Waals surface area (Å²) in [6.07, 6.45) is -5.58. The van der Waals surface area contributed by atoms with E-state index in [2.05, 4.69) is 5.32 Å².